The highest BCUT2D eigenvalue weighted by molar-refractivity contribution is 5.97. The fraction of sp³-hybridized carbons (Fsp3) is 0.750. The molecule has 27 heavy (non-hydrogen) atoms. The smallest absolute Gasteiger partial charge is 0.254 e. The molecule has 3 fully saturated rings. The number of carbonyl (C=O) groups excluding carboxylic acids is 1. The molecule has 3 aliphatic rings. The molecule has 0 spiro atoms. The molecule has 1 heterocycles. The van der Waals surface area contributed by atoms with Crippen molar-refractivity contribution in [2.45, 2.75) is 89.0 Å². The quantitative estimate of drug-likeness (QED) is 0.647. The van der Waals surface area contributed by atoms with Crippen LogP contribution in [0.4, 0.5) is 11.8 Å². The topological polar surface area (TPSA) is 102 Å². The number of ether oxygens (including phenoxy) is 1. The molecular weight excluding hydrogens is 342 g/mol. The average molecular weight is 374 g/mol. The van der Waals surface area contributed by atoms with E-state index in [4.69, 9.17) is 10.5 Å². The highest BCUT2D eigenvalue weighted by atomic mass is 16.5. The van der Waals surface area contributed by atoms with E-state index in [-0.39, 0.29) is 5.54 Å². The van der Waals surface area contributed by atoms with E-state index in [1.54, 1.807) is 0 Å². The molecule has 3 saturated carbocycles. The van der Waals surface area contributed by atoms with Gasteiger partial charge in [-0.3, -0.25) is 4.79 Å². The number of nitrogens with two attached hydrogens (primary N) is 1. The lowest BCUT2D eigenvalue weighted by Gasteiger charge is -2.30. The van der Waals surface area contributed by atoms with E-state index >= 15 is 0 Å². The summed E-state index contributed by atoms with van der Waals surface area (Å²) in [5.41, 5.74) is 5.75. The SMILES string of the molecule is CC(C)(Nc1nc(NC2CCC(OC3CC3)CC2)ncc1C(N)=O)C1CC1. The van der Waals surface area contributed by atoms with Gasteiger partial charge in [0.25, 0.3) is 5.91 Å². The normalized spacial score (nSPS) is 25.9. The first-order chi connectivity index (χ1) is 12.9. The number of anilines is 2. The Morgan fingerprint density at radius 1 is 1.11 bits per heavy atom. The van der Waals surface area contributed by atoms with E-state index in [0.29, 0.717) is 41.5 Å². The van der Waals surface area contributed by atoms with Crippen molar-refractivity contribution in [1.29, 1.82) is 0 Å². The molecule has 0 radical (unpaired) electrons. The summed E-state index contributed by atoms with van der Waals surface area (Å²) in [7, 11) is 0. The van der Waals surface area contributed by atoms with E-state index in [1.165, 1.54) is 31.9 Å². The Labute approximate surface area is 160 Å². The first kappa shape index (κ1) is 18.5. The van der Waals surface area contributed by atoms with Crippen LogP contribution in [-0.4, -0.2) is 39.7 Å². The highest BCUT2D eigenvalue weighted by Gasteiger charge is 2.38. The van der Waals surface area contributed by atoms with Gasteiger partial charge < -0.3 is 21.1 Å². The van der Waals surface area contributed by atoms with E-state index < -0.39 is 5.91 Å². The average Bonchev–Trinajstić information content (AvgIpc) is 3.50. The van der Waals surface area contributed by atoms with Crippen molar-refractivity contribution < 1.29 is 9.53 Å². The number of carbonyl (C=O) groups is 1. The van der Waals surface area contributed by atoms with Gasteiger partial charge in [0, 0.05) is 17.8 Å². The molecule has 148 valence electrons. The molecule has 0 aliphatic heterocycles. The third-order valence-electron chi connectivity index (χ3n) is 6.01. The molecule has 3 aliphatic carbocycles. The van der Waals surface area contributed by atoms with Crippen molar-refractivity contribution in [3.8, 4) is 0 Å². The van der Waals surface area contributed by atoms with E-state index in [2.05, 4.69) is 34.4 Å². The number of nitrogens with one attached hydrogen (secondary N) is 2. The zero-order valence-corrected chi connectivity index (χ0v) is 16.3. The predicted molar refractivity (Wildman–Crippen MR) is 105 cm³/mol. The largest absolute Gasteiger partial charge is 0.375 e. The Bertz CT molecular complexity index is 692. The van der Waals surface area contributed by atoms with Crippen LogP contribution in [0.3, 0.4) is 0 Å². The molecule has 0 unspecified atom stereocenters. The second-order valence-electron chi connectivity index (χ2n) is 8.89. The lowest BCUT2D eigenvalue weighted by molar-refractivity contribution is 0.0146. The fourth-order valence-corrected chi connectivity index (χ4v) is 3.94. The second kappa shape index (κ2) is 7.26. The van der Waals surface area contributed by atoms with Crippen LogP contribution in [0.25, 0.3) is 0 Å². The number of hydrogen-bond acceptors (Lipinski definition) is 6. The summed E-state index contributed by atoms with van der Waals surface area (Å²) >= 11 is 0. The fourth-order valence-electron chi connectivity index (χ4n) is 3.94. The molecule has 0 saturated heterocycles. The Kier molecular flexibility index (Phi) is 4.97. The molecule has 7 heteroatoms. The molecule has 1 aromatic heterocycles. The summed E-state index contributed by atoms with van der Waals surface area (Å²) in [4.78, 5) is 20.7. The summed E-state index contributed by atoms with van der Waals surface area (Å²) in [6.07, 6.45) is 11.6. The summed E-state index contributed by atoms with van der Waals surface area (Å²) < 4.78 is 6.02. The number of hydrogen-bond donors (Lipinski definition) is 3. The maximum absolute atomic E-state index is 11.8. The third-order valence-corrected chi connectivity index (χ3v) is 6.01. The minimum atomic E-state index is -0.506. The molecule has 4 N–H and O–H groups in total. The summed E-state index contributed by atoms with van der Waals surface area (Å²) in [5, 5.41) is 6.87. The molecule has 1 amide bonds. The zero-order valence-electron chi connectivity index (χ0n) is 16.3. The lowest BCUT2D eigenvalue weighted by atomic mass is 9.93. The summed E-state index contributed by atoms with van der Waals surface area (Å²) in [6.45, 7) is 4.29. The van der Waals surface area contributed by atoms with Gasteiger partial charge in [-0.05, 0) is 71.1 Å². The molecule has 0 atom stereocenters. The van der Waals surface area contributed by atoms with Crippen LogP contribution in [0.5, 0.6) is 0 Å². The Balaban J connectivity index is 1.40. The van der Waals surface area contributed by atoms with Crippen molar-refractivity contribution in [3.63, 3.8) is 0 Å². The maximum Gasteiger partial charge on any atom is 0.254 e. The first-order valence-corrected chi connectivity index (χ1v) is 10.3. The van der Waals surface area contributed by atoms with Gasteiger partial charge >= 0.3 is 0 Å². The molecule has 0 bridgehead atoms. The Morgan fingerprint density at radius 3 is 2.30 bits per heavy atom. The molecule has 7 nitrogen and oxygen atoms in total. The van der Waals surface area contributed by atoms with Crippen LogP contribution in [-0.2, 0) is 4.74 Å². The van der Waals surface area contributed by atoms with Gasteiger partial charge in [-0.2, -0.15) is 4.98 Å². The predicted octanol–water partition coefficient (Wildman–Crippen LogP) is 3.08. The van der Waals surface area contributed by atoms with Gasteiger partial charge in [0.2, 0.25) is 5.95 Å². The minimum absolute atomic E-state index is 0.117. The summed E-state index contributed by atoms with van der Waals surface area (Å²) in [5.74, 6) is 1.18. The van der Waals surface area contributed by atoms with Gasteiger partial charge in [-0.1, -0.05) is 0 Å². The maximum atomic E-state index is 11.8. The number of aromatic nitrogens is 2. The molecule has 1 aromatic rings. The van der Waals surface area contributed by atoms with Gasteiger partial charge in [0.05, 0.1) is 17.8 Å². The van der Waals surface area contributed by atoms with Gasteiger partial charge in [0.15, 0.2) is 0 Å². The molecule has 0 aromatic carbocycles. The van der Waals surface area contributed by atoms with Crippen molar-refractivity contribution in [3.05, 3.63) is 11.8 Å². The first-order valence-electron chi connectivity index (χ1n) is 10.3. The number of nitrogens with zero attached hydrogens (tertiary/aromatic N) is 2. The Hall–Kier alpha value is -1.89. The highest BCUT2D eigenvalue weighted by Crippen LogP contribution is 2.41. The Morgan fingerprint density at radius 2 is 1.74 bits per heavy atom. The van der Waals surface area contributed by atoms with Crippen LogP contribution in [0.2, 0.25) is 0 Å². The van der Waals surface area contributed by atoms with Crippen LogP contribution < -0.4 is 16.4 Å². The standard InChI is InChI=1S/C20H31N5O2/c1-20(2,12-3-4-12)25-18-16(17(21)26)11-22-19(24-18)23-13-5-7-14(8-6-13)27-15-9-10-15/h11-15H,3-10H2,1-2H3,(H2,21,26)(H2,22,23,24,25). The number of primary amides is 1. The van der Waals surface area contributed by atoms with Gasteiger partial charge in [-0.25, -0.2) is 4.98 Å². The van der Waals surface area contributed by atoms with Crippen LogP contribution in [0.15, 0.2) is 6.20 Å². The van der Waals surface area contributed by atoms with Gasteiger partial charge in [-0.15, -0.1) is 0 Å². The van der Waals surface area contributed by atoms with E-state index in [1.807, 2.05) is 0 Å². The van der Waals surface area contributed by atoms with Crippen LogP contribution >= 0.6 is 0 Å². The third kappa shape index (κ3) is 4.69. The summed E-state index contributed by atoms with van der Waals surface area (Å²) in [6, 6.07) is 0.341. The van der Waals surface area contributed by atoms with E-state index in [9.17, 15) is 4.79 Å². The van der Waals surface area contributed by atoms with Crippen LogP contribution in [0.1, 0.15) is 75.6 Å². The zero-order chi connectivity index (χ0) is 19.0. The minimum Gasteiger partial charge on any atom is -0.375 e. The van der Waals surface area contributed by atoms with Crippen molar-refractivity contribution in [1.82, 2.24) is 9.97 Å². The molecular formula is C20H31N5O2. The monoisotopic (exact) mass is 373 g/mol. The van der Waals surface area contributed by atoms with Crippen molar-refractivity contribution >= 4 is 17.7 Å². The number of rotatable bonds is 8. The second-order valence-corrected chi connectivity index (χ2v) is 8.89. The van der Waals surface area contributed by atoms with Crippen molar-refractivity contribution in [2.75, 3.05) is 10.6 Å². The van der Waals surface area contributed by atoms with Gasteiger partial charge in [0.1, 0.15) is 5.82 Å². The van der Waals surface area contributed by atoms with Crippen molar-refractivity contribution in [2.24, 2.45) is 11.7 Å². The van der Waals surface area contributed by atoms with E-state index in [0.717, 1.165) is 25.7 Å². The lowest BCUT2D eigenvalue weighted by Crippen LogP contribution is -2.35. The van der Waals surface area contributed by atoms with Crippen LogP contribution in [0, 0.1) is 5.92 Å². The molecule has 4 rings (SSSR count). The number of amides is 1.